The predicted molar refractivity (Wildman–Crippen MR) is 105 cm³/mol. The van der Waals surface area contributed by atoms with Crippen LogP contribution in [0.2, 0.25) is 0 Å². The van der Waals surface area contributed by atoms with E-state index in [0.717, 1.165) is 30.7 Å². The van der Waals surface area contributed by atoms with E-state index in [1.807, 2.05) is 0 Å². The van der Waals surface area contributed by atoms with Gasteiger partial charge in [0.05, 0.1) is 13.2 Å². The summed E-state index contributed by atoms with van der Waals surface area (Å²) in [7, 11) is 0. The summed E-state index contributed by atoms with van der Waals surface area (Å²) < 4.78 is 64.9. The molecule has 2 aliphatic rings. The van der Waals surface area contributed by atoms with Gasteiger partial charge in [-0.15, -0.1) is 0 Å². The van der Waals surface area contributed by atoms with Gasteiger partial charge in [0, 0.05) is 5.92 Å². The van der Waals surface area contributed by atoms with Crippen LogP contribution in [0.15, 0.2) is 24.3 Å². The Bertz CT molecular complexity index is 706. The van der Waals surface area contributed by atoms with Crippen molar-refractivity contribution in [3.05, 3.63) is 35.7 Å². The molecule has 1 fully saturated rings. The molecule has 6 heteroatoms. The van der Waals surface area contributed by atoms with Gasteiger partial charge < -0.3 is 9.47 Å². The van der Waals surface area contributed by atoms with Gasteiger partial charge in [0.25, 0.3) is 0 Å². The summed E-state index contributed by atoms with van der Waals surface area (Å²) in [5.74, 6) is -0.150. The molecule has 0 radical (unpaired) electrons. The van der Waals surface area contributed by atoms with Crippen molar-refractivity contribution >= 4 is 0 Å². The number of hydrogen-bond acceptors (Lipinski definition) is 2. The Balaban J connectivity index is 1.63. The molecule has 2 nitrogen and oxygen atoms in total. The van der Waals surface area contributed by atoms with Crippen LogP contribution in [0, 0.1) is 29.5 Å². The highest BCUT2D eigenvalue weighted by Crippen LogP contribution is 2.42. The van der Waals surface area contributed by atoms with E-state index in [-0.39, 0.29) is 19.1 Å². The number of allylic oxidation sites excluding steroid dienone is 1. The van der Waals surface area contributed by atoms with Crippen LogP contribution in [0.3, 0.4) is 0 Å². The largest absolute Gasteiger partial charge is 0.492 e. The third-order valence-corrected chi connectivity index (χ3v) is 6.27. The van der Waals surface area contributed by atoms with Gasteiger partial charge in [-0.05, 0) is 62.5 Å². The molecular formula is C23H30F4O2. The van der Waals surface area contributed by atoms with Crippen molar-refractivity contribution in [2.75, 3.05) is 13.2 Å². The van der Waals surface area contributed by atoms with Crippen LogP contribution in [-0.2, 0) is 6.18 Å². The first-order chi connectivity index (χ1) is 13.8. The molecule has 2 atom stereocenters. The number of alkyl halides is 3. The number of ether oxygens (including phenoxy) is 2. The maximum atomic E-state index is 14.3. The van der Waals surface area contributed by atoms with Gasteiger partial charge in [-0.1, -0.05) is 31.9 Å². The first-order valence-electron chi connectivity index (χ1n) is 10.6. The quantitative estimate of drug-likeness (QED) is 0.367. The zero-order valence-electron chi connectivity index (χ0n) is 17.1. The minimum absolute atomic E-state index is 0.0458. The molecule has 0 saturated heterocycles. The number of benzene rings is 1. The van der Waals surface area contributed by atoms with E-state index in [9.17, 15) is 17.6 Å². The molecule has 0 aliphatic heterocycles. The van der Waals surface area contributed by atoms with Gasteiger partial charge in [-0.25, -0.2) is 4.39 Å². The Kier molecular flexibility index (Phi) is 7.12. The van der Waals surface area contributed by atoms with Gasteiger partial charge in [0.15, 0.2) is 11.6 Å². The zero-order valence-corrected chi connectivity index (χ0v) is 17.1. The van der Waals surface area contributed by atoms with Crippen molar-refractivity contribution in [3.63, 3.8) is 0 Å². The second-order valence-corrected chi connectivity index (χ2v) is 8.40. The molecule has 0 N–H and O–H groups in total. The van der Waals surface area contributed by atoms with Crippen molar-refractivity contribution in [3.8, 4) is 11.5 Å². The smallest absolute Gasteiger partial charge is 0.422 e. The average molecular weight is 414 g/mol. The molecular weight excluding hydrogens is 384 g/mol. The molecule has 1 aromatic rings. The van der Waals surface area contributed by atoms with Crippen LogP contribution in [0.1, 0.15) is 57.9 Å². The number of hydrogen-bond donors (Lipinski definition) is 0. The van der Waals surface area contributed by atoms with Crippen molar-refractivity contribution in [1.29, 1.82) is 0 Å². The van der Waals surface area contributed by atoms with Crippen LogP contribution in [0.4, 0.5) is 17.6 Å². The van der Waals surface area contributed by atoms with Gasteiger partial charge in [0.1, 0.15) is 11.3 Å². The highest BCUT2D eigenvalue weighted by atomic mass is 19.4. The van der Waals surface area contributed by atoms with Crippen molar-refractivity contribution in [2.24, 2.45) is 23.7 Å². The molecule has 3 rings (SSSR count). The highest BCUT2D eigenvalue weighted by molar-refractivity contribution is 5.44. The molecule has 0 amide bonds. The molecule has 0 heterocycles. The maximum absolute atomic E-state index is 14.3. The maximum Gasteiger partial charge on any atom is 0.422 e. The lowest BCUT2D eigenvalue weighted by atomic mass is 9.72. The van der Waals surface area contributed by atoms with Crippen LogP contribution < -0.4 is 9.47 Å². The number of halogens is 4. The molecule has 1 aromatic carbocycles. The summed E-state index contributed by atoms with van der Waals surface area (Å²) in [6, 6.07) is 2.34. The third-order valence-electron chi connectivity index (χ3n) is 6.27. The minimum Gasteiger partial charge on any atom is -0.492 e. The van der Waals surface area contributed by atoms with E-state index in [1.165, 1.54) is 31.7 Å². The summed E-state index contributed by atoms with van der Waals surface area (Å²) in [4.78, 5) is 0. The monoisotopic (exact) mass is 414 g/mol. The summed E-state index contributed by atoms with van der Waals surface area (Å²) in [5, 5.41) is 0. The van der Waals surface area contributed by atoms with Gasteiger partial charge in [0.2, 0.25) is 0 Å². The lowest BCUT2D eigenvalue weighted by Crippen LogP contribution is -2.24. The molecule has 0 aromatic heterocycles. The first kappa shape index (κ1) is 22.0. The fourth-order valence-corrected chi connectivity index (χ4v) is 4.53. The van der Waals surface area contributed by atoms with E-state index in [1.54, 1.807) is 6.92 Å². The van der Waals surface area contributed by atoms with Gasteiger partial charge in [-0.2, -0.15) is 13.2 Å². The Hall–Kier alpha value is -1.72. The summed E-state index contributed by atoms with van der Waals surface area (Å²) in [6.45, 7) is 4.09. The molecule has 2 unspecified atom stereocenters. The molecule has 1 saturated carbocycles. The molecule has 0 bridgehead atoms. The Morgan fingerprint density at radius 1 is 0.931 bits per heavy atom. The van der Waals surface area contributed by atoms with Gasteiger partial charge >= 0.3 is 6.18 Å². The van der Waals surface area contributed by atoms with Crippen molar-refractivity contribution < 1.29 is 27.0 Å². The van der Waals surface area contributed by atoms with Crippen LogP contribution in [0.5, 0.6) is 11.5 Å². The Labute approximate surface area is 170 Å². The second-order valence-electron chi connectivity index (χ2n) is 8.40. The third kappa shape index (κ3) is 5.46. The highest BCUT2D eigenvalue weighted by Gasteiger charge is 2.40. The van der Waals surface area contributed by atoms with Crippen molar-refractivity contribution in [2.45, 2.75) is 58.5 Å². The topological polar surface area (TPSA) is 18.5 Å². The van der Waals surface area contributed by atoms with Crippen LogP contribution >= 0.6 is 0 Å². The summed E-state index contributed by atoms with van der Waals surface area (Å²) in [5.41, 5.74) is -1.39. The number of rotatable bonds is 6. The molecule has 2 aliphatic carbocycles. The molecule has 29 heavy (non-hydrogen) atoms. The van der Waals surface area contributed by atoms with E-state index >= 15 is 0 Å². The minimum atomic E-state index is -4.85. The van der Waals surface area contributed by atoms with E-state index < -0.39 is 29.1 Å². The van der Waals surface area contributed by atoms with E-state index in [0.29, 0.717) is 5.92 Å². The second kappa shape index (κ2) is 9.40. The SMILES string of the molecule is CCOc1ccc(OCC2C=CC(C3CCC(C)CC3)CC2)c(C(F)(F)F)c1F. The standard InChI is InChI=1S/C23H30F4O2/c1-3-28-20-13-12-19(21(22(20)24)23(25,26)27)29-14-16-6-10-18(11-7-16)17-8-4-15(2)5-9-17/h6,10,12-13,15-18H,3-5,7-9,11,14H2,1-2H3. The molecule has 162 valence electrons. The van der Waals surface area contributed by atoms with E-state index in [4.69, 9.17) is 9.47 Å². The van der Waals surface area contributed by atoms with Gasteiger partial charge in [-0.3, -0.25) is 0 Å². The fourth-order valence-electron chi connectivity index (χ4n) is 4.53. The lowest BCUT2D eigenvalue weighted by molar-refractivity contribution is -0.141. The summed E-state index contributed by atoms with van der Waals surface area (Å²) >= 11 is 0. The Morgan fingerprint density at radius 3 is 2.21 bits per heavy atom. The predicted octanol–water partition coefficient (Wildman–Crippen LogP) is 7.03. The van der Waals surface area contributed by atoms with E-state index in [2.05, 4.69) is 19.1 Å². The van der Waals surface area contributed by atoms with Crippen LogP contribution in [0.25, 0.3) is 0 Å². The Morgan fingerprint density at radius 2 is 1.62 bits per heavy atom. The zero-order chi connectivity index (χ0) is 21.0. The normalized spacial score (nSPS) is 27.7. The molecule has 0 spiro atoms. The lowest BCUT2D eigenvalue weighted by Gasteiger charge is -2.34. The van der Waals surface area contributed by atoms with Crippen molar-refractivity contribution in [1.82, 2.24) is 0 Å². The summed E-state index contributed by atoms with van der Waals surface area (Å²) in [6.07, 6.45) is 6.46. The fraction of sp³-hybridized carbons (Fsp3) is 0.652. The first-order valence-corrected chi connectivity index (χ1v) is 10.6. The average Bonchev–Trinajstić information content (AvgIpc) is 2.68. The van der Waals surface area contributed by atoms with Crippen LogP contribution in [-0.4, -0.2) is 13.2 Å².